The van der Waals surface area contributed by atoms with E-state index in [0.717, 1.165) is 4.90 Å². The summed E-state index contributed by atoms with van der Waals surface area (Å²) in [6, 6.07) is 12.9. The molecule has 0 atom stereocenters. The first-order valence-electron chi connectivity index (χ1n) is 10.8. The number of hydrogen-bond donors (Lipinski definition) is 0. The summed E-state index contributed by atoms with van der Waals surface area (Å²) in [7, 11) is 0. The van der Waals surface area contributed by atoms with Crippen molar-refractivity contribution in [2.24, 2.45) is 0 Å². The van der Waals surface area contributed by atoms with Gasteiger partial charge in [0, 0.05) is 42.3 Å². The van der Waals surface area contributed by atoms with Gasteiger partial charge in [0.25, 0.3) is 0 Å². The smallest absolute Gasteiger partial charge is 0.332 e. The third kappa shape index (κ3) is 5.23. The normalized spacial score (nSPS) is 14.9. The second-order valence-electron chi connectivity index (χ2n) is 8.18. The highest BCUT2D eigenvalue weighted by Gasteiger charge is 2.43. The number of rotatable bonds is 5. The van der Waals surface area contributed by atoms with Crippen LogP contribution in [0.2, 0.25) is 5.02 Å². The molecule has 0 unspecified atom stereocenters. The van der Waals surface area contributed by atoms with Gasteiger partial charge in [-0.15, -0.1) is 0 Å². The lowest BCUT2D eigenvalue weighted by Crippen LogP contribution is -2.53. The van der Waals surface area contributed by atoms with Gasteiger partial charge in [0.1, 0.15) is 17.2 Å². The predicted octanol–water partition coefficient (Wildman–Crippen LogP) is 4.53. The summed E-state index contributed by atoms with van der Waals surface area (Å²) in [6.07, 6.45) is -4.92. The van der Waals surface area contributed by atoms with E-state index in [2.05, 4.69) is 5.10 Å². The van der Waals surface area contributed by atoms with Crippen LogP contribution in [-0.2, 0) is 4.79 Å². The van der Waals surface area contributed by atoms with Gasteiger partial charge in [0.05, 0.1) is 12.2 Å². The van der Waals surface area contributed by atoms with E-state index >= 15 is 0 Å². The maximum absolute atomic E-state index is 14.6. The molecule has 6 nitrogen and oxygen atoms in total. The second-order valence-corrected chi connectivity index (χ2v) is 8.62. The number of piperazine rings is 1. The molecule has 1 amide bonds. The van der Waals surface area contributed by atoms with E-state index in [9.17, 15) is 27.2 Å². The van der Waals surface area contributed by atoms with E-state index in [4.69, 9.17) is 11.6 Å². The highest BCUT2D eigenvalue weighted by molar-refractivity contribution is 6.30. The van der Waals surface area contributed by atoms with E-state index in [1.54, 1.807) is 54.3 Å². The minimum absolute atomic E-state index is 0.0940. The van der Waals surface area contributed by atoms with Crippen LogP contribution in [0, 0.1) is 12.7 Å². The molecule has 1 aromatic heterocycles. The van der Waals surface area contributed by atoms with Crippen LogP contribution in [0.15, 0.2) is 48.5 Å². The van der Waals surface area contributed by atoms with Gasteiger partial charge in [0.2, 0.25) is 0 Å². The van der Waals surface area contributed by atoms with Crippen LogP contribution in [0.1, 0.15) is 16.1 Å². The van der Waals surface area contributed by atoms with Gasteiger partial charge in [-0.3, -0.25) is 14.5 Å². The summed E-state index contributed by atoms with van der Waals surface area (Å²) in [5.41, 5.74) is 2.04. The molecule has 3 aromatic rings. The first-order valence-corrected chi connectivity index (χ1v) is 11.2. The molecule has 0 saturated carbocycles. The molecule has 1 fully saturated rings. The molecule has 2 aromatic carbocycles. The Labute approximate surface area is 203 Å². The Morgan fingerprint density at radius 3 is 2.23 bits per heavy atom. The van der Waals surface area contributed by atoms with Crippen LogP contribution >= 0.6 is 11.6 Å². The molecule has 0 radical (unpaired) electrons. The van der Waals surface area contributed by atoms with Crippen LogP contribution in [0.5, 0.6) is 0 Å². The fourth-order valence-corrected chi connectivity index (χ4v) is 4.20. The molecule has 0 spiro atoms. The van der Waals surface area contributed by atoms with Crippen LogP contribution in [0.25, 0.3) is 16.9 Å². The van der Waals surface area contributed by atoms with Crippen LogP contribution in [0.4, 0.5) is 17.6 Å². The molecular formula is C24H21ClF4N4O2. The highest BCUT2D eigenvalue weighted by Crippen LogP contribution is 2.31. The number of halogens is 5. The summed E-state index contributed by atoms with van der Waals surface area (Å²) in [5, 5.41) is 4.95. The lowest BCUT2D eigenvalue weighted by atomic mass is 10.0. The molecule has 35 heavy (non-hydrogen) atoms. The van der Waals surface area contributed by atoms with Gasteiger partial charge in [-0.2, -0.15) is 18.3 Å². The maximum atomic E-state index is 14.6. The number of benzene rings is 2. The summed E-state index contributed by atoms with van der Waals surface area (Å²) < 4.78 is 54.0. The molecule has 0 aliphatic carbocycles. The number of alkyl halides is 3. The average Bonchev–Trinajstić information content (AvgIpc) is 3.16. The third-order valence-electron chi connectivity index (χ3n) is 5.85. The fraction of sp³-hybridized carbons (Fsp3) is 0.292. The zero-order chi connectivity index (χ0) is 25.3. The summed E-state index contributed by atoms with van der Waals surface area (Å²) in [5.74, 6) is -2.76. The van der Waals surface area contributed by atoms with E-state index in [0.29, 0.717) is 21.8 Å². The Bertz CT molecular complexity index is 1250. The number of carbonyl (C=O) groups excluding carboxylic acids is 2. The van der Waals surface area contributed by atoms with Crippen molar-refractivity contribution in [1.29, 1.82) is 0 Å². The predicted molar refractivity (Wildman–Crippen MR) is 122 cm³/mol. The van der Waals surface area contributed by atoms with Gasteiger partial charge in [0.15, 0.2) is 5.78 Å². The van der Waals surface area contributed by atoms with Crippen LogP contribution in [0.3, 0.4) is 0 Å². The number of ketones is 1. The zero-order valence-electron chi connectivity index (χ0n) is 18.6. The standard InChI is InChI=1S/C24H21ClF4N4O2/c1-15-21(20(34)14-31-10-12-32(13-11-31)23(35)24(27,28)29)30-33(19-5-3-2-4-18(19)26)22(15)16-6-8-17(25)9-7-16/h2-9H,10-14H2,1H3. The molecule has 1 saturated heterocycles. The first-order chi connectivity index (χ1) is 16.6. The topological polar surface area (TPSA) is 58.4 Å². The largest absolute Gasteiger partial charge is 0.471 e. The molecule has 0 N–H and O–H groups in total. The van der Waals surface area contributed by atoms with Crippen molar-refractivity contribution in [2.45, 2.75) is 13.1 Å². The number of amides is 1. The van der Waals surface area contributed by atoms with Crippen molar-refractivity contribution in [3.05, 3.63) is 70.6 Å². The van der Waals surface area contributed by atoms with Gasteiger partial charge in [-0.1, -0.05) is 35.9 Å². The lowest BCUT2D eigenvalue weighted by molar-refractivity contribution is -0.186. The van der Waals surface area contributed by atoms with Crippen LogP contribution < -0.4 is 0 Å². The molecule has 1 aliphatic heterocycles. The quantitative estimate of drug-likeness (QED) is 0.375. The van der Waals surface area contributed by atoms with E-state index in [1.807, 2.05) is 0 Å². The Morgan fingerprint density at radius 2 is 1.63 bits per heavy atom. The Hall–Kier alpha value is -3.24. The Balaban J connectivity index is 1.60. The number of Topliss-reactive ketones (excluding diaryl/α,β-unsaturated/α-hetero) is 1. The summed E-state index contributed by atoms with van der Waals surface area (Å²) in [4.78, 5) is 27.0. The Morgan fingerprint density at radius 1 is 1.00 bits per heavy atom. The number of carbonyl (C=O) groups is 2. The van der Waals surface area contributed by atoms with Gasteiger partial charge >= 0.3 is 12.1 Å². The van der Waals surface area contributed by atoms with Crippen molar-refractivity contribution in [3.8, 4) is 16.9 Å². The van der Waals surface area contributed by atoms with Crippen LogP contribution in [-0.4, -0.2) is 70.2 Å². The van der Waals surface area contributed by atoms with Gasteiger partial charge in [-0.25, -0.2) is 9.07 Å². The van der Waals surface area contributed by atoms with Crippen molar-refractivity contribution in [1.82, 2.24) is 19.6 Å². The van der Waals surface area contributed by atoms with Crippen molar-refractivity contribution >= 4 is 23.3 Å². The second kappa shape index (κ2) is 9.79. The van der Waals surface area contributed by atoms with E-state index in [-0.39, 0.29) is 49.9 Å². The monoisotopic (exact) mass is 508 g/mol. The molecule has 1 aliphatic rings. The third-order valence-corrected chi connectivity index (χ3v) is 6.11. The van der Waals surface area contributed by atoms with E-state index < -0.39 is 17.9 Å². The molecule has 0 bridgehead atoms. The SMILES string of the molecule is Cc1c(C(=O)CN2CCN(C(=O)C(F)(F)F)CC2)nn(-c2ccccc2F)c1-c1ccc(Cl)cc1. The molecule has 4 rings (SSSR count). The Kier molecular flexibility index (Phi) is 6.95. The lowest BCUT2D eigenvalue weighted by Gasteiger charge is -2.34. The van der Waals surface area contributed by atoms with E-state index in [1.165, 1.54) is 10.7 Å². The highest BCUT2D eigenvalue weighted by atomic mass is 35.5. The van der Waals surface area contributed by atoms with Gasteiger partial charge < -0.3 is 4.90 Å². The van der Waals surface area contributed by atoms with Crippen molar-refractivity contribution in [3.63, 3.8) is 0 Å². The first kappa shape index (κ1) is 24.9. The number of nitrogens with zero attached hydrogens (tertiary/aromatic N) is 4. The fourth-order valence-electron chi connectivity index (χ4n) is 4.07. The summed E-state index contributed by atoms with van der Waals surface area (Å²) in [6.45, 7) is 1.58. The summed E-state index contributed by atoms with van der Waals surface area (Å²) >= 11 is 6.01. The number of hydrogen-bond acceptors (Lipinski definition) is 4. The van der Waals surface area contributed by atoms with Gasteiger partial charge in [-0.05, 0) is 31.2 Å². The molecular weight excluding hydrogens is 488 g/mol. The number of aromatic nitrogens is 2. The molecule has 2 heterocycles. The average molecular weight is 509 g/mol. The maximum Gasteiger partial charge on any atom is 0.471 e. The molecule has 184 valence electrons. The minimum Gasteiger partial charge on any atom is -0.332 e. The van der Waals surface area contributed by atoms with Crippen molar-refractivity contribution in [2.75, 3.05) is 32.7 Å². The van der Waals surface area contributed by atoms with Crippen molar-refractivity contribution < 1.29 is 27.2 Å². The number of para-hydroxylation sites is 1. The zero-order valence-corrected chi connectivity index (χ0v) is 19.4. The molecule has 11 heteroatoms. The minimum atomic E-state index is -4.92.